The lowest BCUT2D eigenvalue weighted by atomic mass is 10.1. The Bertz CT molecular complexity index is 423. The largest absolute Gasteiger partial charge is 0.276 e. The summed E-state index contributed by atoms with van der Waals surface area (Å²) < 4.78 is 48.2. The van der Waals surface area contributed by atoms with Crippen LogP contribution in [0.1, 0.15) is 19.8 Å². The van der Waals surface area contributed by atoms with Crippen LogP contribution in [0.2, 0.25) is 0 Å². The Hall–Kier alpha value is -0.220. The van der Waals surface area contributed by atoms with Crippen LogP contribution in [0.5, 0.6) is 0 Å². The number of nitrogens with two attached hydrogens (primary N) is 1. The molecule has 0 aromatic carbocycles. The number of hydrogen-bond donors (Lipinski definition) is 2. The van der Waals surface area contributed by atoms with E-state index in [-0.39, 0.29) is 24.9 Å². The highest BCUT2D eigenvalue weighted by atomic mass is 32.2. The minimum Gasteiger partial charge on any atom is -0.216 e. The third-order valence-electron chi connectivity index (χ3n) is 2.54. The van der Waals surface area contributed by atoms with E-state index in [9.17, 15) is 16.8 Å². The van der Waals surface area contributed by atoms with Crippen molar-refractivity contribution in [2.45, 2.75) is 25.8 Å². The van der Waals surface area contributed by atoms with Gasteiger partial charge in [-0.25, -0.2) is 18.3 Å². The van der Waals surface area contributed by atoms with Gasteiger partial charge in [-0.3, -0.25) is 0 Å². The third-order valence-corrected chi connectivity index (χ3v) is 5.08. The molecule has 9 heteroatoms. The van der Waals surface area contributed by atoms with Crippen LogP contribution in [0.15, 0.2) is 0 Å². The molecule has 1 fully saturated rings. The maximum absolute atomic E-state index is 11.3. The van der Waals surface area contributed by atoms with Gasteiger partial charge in [-0.1, -0.05) is 0 Å². The second kappa shape index (κ2) is 4.96. The molecule has 1 aliphatic rings. The van der Waals surface area contributed by atoms with E-state index in [2.05, 4.69) is 4.72 Å². The maximum atomic E-state index is 11.3. The molecule has 0 saturated carbocycles. The van der Waals surface area contributed by atoms with Crippen molar-refractivity contribution >= 4 is 20.2 Å². The van der Waals surface area contributed by atoms with Gasteiger partial charge in [0, 0.05) is 19.1 Å². The molecule has 0 amide bonds. The standard InChI is InChI=1S/C7H17N3O4S2/c1-2-15(11,12)9-7-3-5-10(6-4-7)16(8,13)14/h7,9H,2-6H2,1H3,(H2,8,13,14). The van der Waals surface area contributed by atoms with Crippen molar-refractivity contribution in [2.75, 3.05) is 18.8 Å². The number of nitrogens with one attached hydrogen (secondary N) is 1. The number of nitrogens with zero attached hydrogens (tertiary/aromatic N) is 1. The van der Waals surface area contributed by atoms with Gasteiger partial charge >= 0.3 is 0 Å². The summed E-state index contributed by atoms with van der Waals surface area (Å²) in [6.07, 6.45) is 0.908. The lowest BCUT2D eigenvalue weighted by Crippen LogP contribution is -2.48. The molecule has 0 spiro atoms. The average Bonchev–Trinajstić information content (AvgIpc) is 2.16. The van der Waals surface area contributed by atoms with E-state index in [1.165, 1.54) is 0 Å². The van der Waals surface area contributed by atoms with Crippen molar-refractivity contribution in [1.29, 1.82) is 0 Å². The first-order valence-electron chi connectivity index (χ1n) is 5.02. The zero-order chi connectivity index (χ0) is 12.4. The summed E-state index contributed by atoms with van der Waals surface area (Å²) in [6, 6.07) is -0.192. The van der Waals surface area contributed by atoms with E-state index in [1.54, 1.807) is 6.92 Å². The first-order chi connectivity index (χ1) is 7.24. The molecule has 0 bridgehead atoms. The number of piperidine rings is 1. The van der Waals surface area contributed by atoms with Crippen molar-refractivity contribution in [1.82, 2.24) is 9.03 Å². The number of hydrogen-bond acceptors (Lipinski definition) is 4. The van der Waals surface area contributed by atoms with Crippen molar-refractivity contribution in [3.63, 3.8) is 0 Å². The molecule has 1 heterocycles. The smallest absolute Gasteiger partial charge is 0.216 e. The predicted molar refractivity (Wildman–Crippen MR) is 60.3 cm³/mol. The van der Waals surface area contributed by atoms with Crippen LogP contribution in [0, 0.1) is 0 Å². The zero-order valence-electron chi connectivity index (χ0n) is 9.09. The SMILES string of the molecule is CCS(=O)(=O)NC1CCN(S(N)(=O)=O)CC1. The van der Waals surface area contributed by atoms with Crippen molar-refractivity contribution in [3.05, 3.63) is 0 Å². The maximum Gasteiger partial charge on any atom is 0.276 e. The quantitative estimate of drug-likeness (QED) is 0.655. The summed E-state index contributed by atoms with van der Waals surface area (Å²) in [7, 11) is -6.86. The molecule has 16 heavy (non-hydrogen) atoms. The van der Waals surface area contributed by atoms with Crippen LogP contribution < -0.4 is 9.86 Å². The molecule has 7 nitrogen and oxygen atoms in total. The van der Waals surface area contributed by atoms with E-state index < -0.39 is 20.2 Å². The third kappa shape index (κ3) is 3.98. The normalized spacial score (nSPS) is 21.1. The van der Waals surface area contributed by atoms with Gasteiger partial charge in [0.05, 0.1) is 5.75 Å². The molecule has 0 aliphatic carbocycles. The summed E-state index contributed by atoms with van der Waals surface area (Å²) in [5.74, 6) is 0.0302. The summed E-state index contributed by atoms with van der Waals surface area (Å²) in [6.45, 7) is 2.08. The van der Waals surface area contributed by atoms with Crippen LogP contribution in [-0.4, -0.2) is 46.0 Å². The second-order valence-electron chi connectivity index (χ2n) is 3.74. The first kappa shape index (κ1) is 13.8. The number of rotatable bonds is 4. The van der Waals surface area contributed by atoms with Crippen LogP contribution >= 0.6 is 0 Å². The van der Waals surface area contributed by atoms with Crippen LogP contribution in [0.3, 0.4) is 0 Å². The molecule has 1 saturated heterocycles. The Labute approximate surface area is 96.2 Å². The molecule has 0 radical (unpaired) electrons. The van der Waals surface area contributed by atoms with Gasteiger partial charge in [0.2, 0.25) is 10.0 Å². The predicted octanol–water partition coefficient (Wildman–Crippen LogP) is -1.41. The fourth-order valence-corrected chi connectivity index (χ4v) is 3.20. The molecule has 0 atom stereocenters. The molecule has 3 N–H and O–H groups in total. The lowest BCUT2D eigenvalue weighted by Gasteiger charge is -2.29. The minimum absolute atomic E-state index is 0.0302. The molecule has 0 aromatic heterocycles. The highest BCUT2D eigenvalue weighted by Crippen LogP contribution is 2.12. The van der Waals surface area contributed by atoms with Crippen LogP contribution in [0.25, 0.3) is 0 Å². The van der Waals surface area contributed by atoms with E-state index in [0.717, 1.165) is 4.31 Å². The van der Waals surface area contributed by atoms with Gasteiger partial charge in [-0.05, 0) is 19.8 Å². The van der Waals surface area contributed by atoms with Gasteiger partial charge in [-0.15, -0.1) is 0 Å². The highest BCUT2D eigenvalue weighted by molar-refractivity contribution is 7.89. The summed E-state index contributed by atoms with van der Waals surface area (Å²) >= 11 is 0. The van der Waals surface area contributed by atoms with Gasteiger partial charge < -0.3 is 0 Å². The van der Waals surface area contributed by atoms with Crippen molar-refractivity contribution < 1.29 is 16.8 Å². The Morgan fingerprint density at radius 3 is 2.12 bits per heavy atom. The Morgan fingerprint density at radius 2 is 1.75 bits per heavy atom. The van der Waals surface area contributed by atoms with Crippen LogP contribution in [0.4, 0.5) is 0 Å². The van der Waals surface area contributed by atoms with Gasteiger partial charge in [0.1, 0.15) is 0 Å². The van der Waals surface area contributed by atoms with E-state index >= 15 is 0 Å². The molecular weight excluding hydrogens is 254 g/mol. The minimum atomic E-state index is -3.64. The van der Waals surface area contributed by atoms with E-state index in [1.807, 2.05) is 0 Å². The second-order valence-corrected chi connectivity index (χ2v) is 7.33. The number of sulfonamides is 1. The Kier molecular flexibility index (Phi) is 4.29. The molecule has 1 aliphatic heterocycles. The highest BCUT2D eigenvalue weighted by Gasteiger charge is 2.27. The van der Waals surface area contributed by atoms with Crippen LogP contribution in [-0.2, 0) is 20.2 Å². The van der Waals surface area contributed by atoms with Gasteiger partial charge in [0.15, 0.2) is 0 Å². The summed E-state index contributed by atoms with van der Waals surface area (Å²) in [5, 5.41) is 4.97. The summed E-state index contributed by atoms with van der Waals surface area (Å²) in [4.78, 5) is 0. The van der Waals surface area contributed by atoms with Crippen molar-refractivity contribution in [3.8, 4) is 0 Å². The Morgan fingerprint density at radius 1 is 1.25 bits per heavy atom. The topological polar surface area (TPSA) is 110 Å². The van der Waals surface area contributed by atoms with Crippen molar-refractivity contribution in [2.24, 2.45) is 5.14 Å². The average molecular weight is 271 g/mol. The lowest BCUT2D eigenvalue weighted by molar-refractivity contribution is 0.309. The Balaban J connectivity index is 2.51. The molecule has 0 unspecified atom stereocenters. The van der Waals surface area contributed by atoms with E-state index in [0.29, 0.717) is 12.8 Å². The molecule has 1 rings (SSSR count). The fraction of sp³-hybridized carbons (Fsp3) is 1.00. The molecule has 96 valence electrons. The van der Waals surface area contributed by atoms with E-state index in [4.69, 9.17) is 5.14 Å². The summed E-state index contributed by atoms with van der Waals surface area (Å²) in [5.41, 5.74) is 0. The van der Waals surface area contributed by atoms with Gasteiger partial charge in [0.25, 0.3) is 10.2 Å². The van der Waals surface area contributed by atoms with Gasteiger partial charge in [-0.2, -0.15) is 12.7 Å². The first-order valence-corrected chi connectivity index (χ1v) is 8.18. The zero-order valence-corrected chi connectivity index (χ0v) is 10.7. The fourth-order valence-electron chi connectivity index (χ4n) is 1.57. The molecule has 0 aromatic rings. The monoisotopic (exact) mass is 271 g/mol. The molecular formula is C7H17N3O4S2.